The summed E-state index contributed by atoms with van der Waals surface area (Å²) in [5.41, 5.74) is 0.950. The summed E-state index contributed by atoms with van der Waals surface area (Å²) in [6.45, 7) is 6.89. The second-order valence-corrected chi connectivity index (χ2v) is 15.7. The zero-order valence-electron chi connectivity index (χ0n) is 37.0. The highest BCUT2D eigenvalue weighted by Gasteiger charge is 2.45. The van der Waals surface area contributed by atoms with Crippen molar-refractivity contribution in [2.75, 3.05) is 42.8 Å². The maximum atomic E-state index is 13.6. The van der Waals surface area contributed by atoms with Crippen LogP contribution >= 0.6 is 23.2 Å². The van der Waals surface area contributed by atoms with Gasteiger partial charge in [-0.15, -0.1) is 0 Å². The summed E-state index contributed by atoms with van der Waals surface area (Å²) in [5, 5.41) is 12.7. The van der Waals surface area contributed by atoms with Gasteiger partial charge in [-0.05, 0) is 63.1 Å². The van der Waals surface area contributed by atoms with Crippen LogP contribution in [0.1, 0.15) is 80.3 Å². The fraction of sp³-hybridized carbons (Fsp3) is 0.240. The lowest BCUT2D eigenvalue weighted by Crippen LogP contribution is -2.30. The smallest absolute Gasteiger partial charge is 0.310 e. The fourth-order valence-corrected chi connectivity index (χ4v) is 8.55. The van der Waals surface area contributed by atoms with E-state index < -0.39 is 48.6 Å². The van der Waals surface area contributed by atoms with Gasteiger partial charge >= 0.3 is 11.9 Å². The topological polar surface area (TPSA) is 175 Å². The number of amides is 4. The molecule has 0 unspecified atom stereocenters. The number of esters is 2. The first-order chi connectivity index (χ1) is 32.7. The van der Waals surface area contributed by atoms with Gasteiger partial charge in [-0.2, -0.15) is 0 Å². The van der Waals surface area contributed by atoms with Crippen LogP contribution in [0.4, 0.5) is 20.2 Å². The lowest BCUT2D eigenvalue weighted by molar-refractivity contribution is -0.143. The number of rotatable bonds is 15. The molecule has 0 fully saturated rings. The SMILES string of the molecule is CCOC(=O)Cc1ccc(N2C(=O)c3c(c(OCC(F)F)c4ccccc4c3OCC)C2=O)c(Cl)c1.CCOC(=O)Cc1ccc(N2C(=O)c3c(c(OCC)c4ccccc4c3O)C2=O)c(Cl)c1. The number of alkyl halides is 2. The predicted octanol–water partition coefficient (Wildman–Crippen LogP) is 9.95. The van der Waals surface area contributed by atoms with Crippen molar-refractivity contribution < 1.29 is 66.3 Å². The van der Waals surface area contributed by atoms with Crippen LogP contribution in [0.2, 0.25) is 10.0 Å². The highest BCUT2D eigenvalue weighted by atomic mass is 35.5. The van der Waals surface area contributed by atoms with Crippen LogP contribution in [0.3, 0.4) is 0 Å². The predicted molar refractivity (Wildman–Crippen MR) is 249 cm³/mol. The standard InChI is InChI=1S/C26H22ClF2NO6.C24H20ClNO6/c1-3-34-20(31)12-14-9-10-18(17(27)11-14)30-25(32)21-22(26(30)33)24(36-13-19(28)29)16-8-6-5-7-15(16)23(21)35-4-2;1-3-31-18(27)12-13-9-10-17(16(25)11-13)26-23(29)19-20(24(26)30)22(32-4-2)15-8-6-5-7-14(15)21(19)28/h5-11,19H,3-4,12-13H2,1-2H3;5-11,28H,3-4,12H2,1-2H3. The van der Waals surface area contributed by atoms with Gasteiger partial charge in [0.15, 0.2) is 0 Å². The molecule has 14 nitrogen and oxygen atoms in total. The number of carbonyl (C=O) groups excluding carboxylic acids is 6. The molecule has 0 atom stereocenters. The van der Waals surface area contributed by atoms with Gasteiger partial charge in [0.25, 0.3) is 30.1 Å². The van der Waals surface area contributed by atoms with Gasteiger partial charge in [-0.1, -0.05) is 83.9 Å². The highest BCUT2D eigenvalue weighted by molar-refractivity contribution is 6.43. The fourth-order valence-electron chi connectivity index (χ4n) is 7.98. The van der Waals surface area contributed by atoms with Crippen LogP contribution in [0.15, 0.2) is 84.9 Å². The van der Waals surface area contributed by atoms with E-state index in [1.807, 2.05) is 0 Å². The van der Waals surface area contributed by atoms with Crippen molar-refractivity contribution in [1.82, 2.24) is 0 Å². The van der Waals surface area contributed by atoms with Gasteiger partial charge in [0.1, 0.15) is 29.6 Å². The number of halogens is 4. The van der Waals surface area contributed by atoms with Gasteiger partial charge in [-0.25, -0.2) is 18.6 Å². The summed E-state index contributed by atoms with van der Waals surface area (Å²) in [6, 6.07) is 22.6. The number of hydrogen-bond acceptors (Lipinski definition) is 12. The molecule has 2 aliphatic rings. The number of nitrogens with zero attached hydrogens (tertiary/aromatic N) is 2. The minimum atomic E-state index is -2.80. The van der Waals surface area contributed by atoms with E-state index in [2.05, 4.69) is 0 Å². The maximum Gasteiger partial charge on any atom is 0.310 e. The zero-order valence-corrected chi connectivity index (χ0v) is 38.5. The molecule has 6 aromatic rings. The third-order valence-electron chi connectivity index (χ3n) is 10.7. The summed E-state index contributed by atoms with van der Waals surface area (Å²) >= 11 is 12.8. The van der Waals surface area contributed by atoms with Gasteiger partial charge in [0.05, 0.1) is 82.9 Å². The van der Waals surface area contributed by atoms with E-state index in [4.69, 9.17) is 46.9 Å². The molecule has 352 valence electrons. The van der Waals surface area contributed by atoms with Crippen molar-refractivity contribution in [3.05, 3.63) is 128 Å². The van der Waals surface area contributed by atoms with Gasteiger partial charge in [-0.3, -0.25) is 28.8 Å². The first kappa shape index (κ1) is 48.6. The lowest BCUT2D eigenvalue weighted by Gasteiger charge is -2.16. The monoisotopic (exact) mass is 970 g/mol. The average molecular weight is 972 g/mol. The number of phenols is 1. The number of fused-ring (bicyclic) bond motifs is 4. The van der Waals surface area contributed by atoms with Crippen molar-refractivity contribution in [2.45, 2.75) is 47.0 Å². The molecule has 68 heavy (non-hydrogen) atoms. The van der Waals surface area contributed by atoms with E-state index >= 15 is 0 Å². The molecule has 0 bridgehead atoms. The molecular weight excluding hydrogens is 929 g/mol. The molecule has 1 N–H and O–H groups in total. The number of benzene rings is 6. The largest absolute Gasteiger partial charge is 0.506 e. The maximum absolute atomic E-state index is 13.6. The van der Waals surface area contributed by atoms with E-state index in [-0.39, 0.29) is 106 Å². The number of hydrogen-bond donors (Lipinski definition) is 1. The van der Waals surface area contributed by atoms with E-state index in [0.717, 1.165) is 9.80 Å². The van der Waals surface area contributed by atoms with Gasteiger partial charge in [0, 0.05) is 21.5 Å². The van der Waals surface area contributed by atoms with Crippen molar-refractivity contribution in [3.63, 3.8) is 0 Å². The molecule has 2 aliphatic heterocycles. The van der Waals surface area contributed by atoms with Crippen molar-refractivity contribution in [2.24, 2.45) is 0 Å². The highest BCUT2D eigenvalue weighted by Crippen LogP contribution is 2.48. The van der Waals surface area contributed by atoms with Gasteiger partial charge < -0.3 is 28.8 Å². The summed E-state index contributed by atoms with van der Waals surface area (Å²) in [4.78, 5) is 79.2. The molecule has 4 amide bonds. The zero-order chi connectivity index (χ0) is 49.0. The Bertz CT molecular complexity index is 3030. The van der Waals surface area contributed by atoms with E-state index in [9.17, 15) is 42.7 Å². The Morgan fingerprint density at radius 2 is 0.912 bits per heavy atom. The number of carbonyl (C=O) groups is 6. The van der Waals surface area contributed by atoms with Crippen LogP contribution in [-0.2, 0) is 31.9 Å². The first-order valence-corrected chi connectivity index (χ1v) is 22.1. The molecule has 0 saturated carbocycles. The molecule has 8 rings (SSSR count). The summed E-state index contributed by atoms with van der Waals surface area (Å²) in [6.07, 6.45) is -2.83. The Hall–Kier alpha value is -7.30. The van der Waals surface area contributed by atoms with E-state index in [1.165, 1.54) is 24.3 Å². The third-order valence-corrected chi connectivity index (χ3v) is 11.3. The van der Waals surface area contributed by atoms with Crippen molar-refractivity contribution in [3.8, 4) is 23.0 Å². The molecule has 0 spiro atoms. The summed E-state index contributed by atoms with van der Waals surface area (Å²) < 4.78 is 52.9. The minimum Gasteiger partial charge on any atom is -0.506 e. The normalized spacial score (nSPS) is 12.9. The van der Waals surface area contributed by atoms with Crippen molar-refractivity contribution in [1.29, 1.82) is 0 Å². The third kappa shape index (κ3) is 9.21. The Kier molecular flexibility index (Phi) is 14.8. The van der Waals surface area contributed by atoms with Crippen LogP contribution in [0.25, 0.3) is 21.5 Å². The molecule has 0 aromatic heterocycles. The Labute approximate surface area is 397 Å². The van der Waals surface area contributed by atoms with Crippen molar-refractivity contribution >= 4 is 91.7 Å². The molecule has 2 heterocycles. The summed E-state index contributed by atoms with van der Waals surface area (Å²) in [7, 11) is 0. The number of aromatic hydroxyl groups is 1. The van der Waals surface area contributed by atoms with Crippen LogP contribution in [-0.4, -0.2) is 80.1 Å². The quantitative estimate of drug-likeness (QED) is 0.0763. The minimum absolute atomic E-state index is 0.000262. The first-order valence-electron chi connectivity index (χ1n) is 21.4. The average Bonchev–Trinajstić information content (AvgIpc) is 3.72. The number of imide groups is 2. The molecule has 0 radical (unpaired) electrons. The Balaban J connectivity index is 0.000000203. The van der Waals surface area contributed by atoms with Crippen LogP contribution < -0.4 is 24.0 Å². The molecular formula is C50H42Cl2F2N2O12. The Morgan fingerprint density at radius 3 is 1.29 bits per heavy atom. The van der Waals surface area contributed by atoms with Gasteiger partial charge in [0.2, 0.25) is 0 Å². The second kappa shape index (κ2) is 20.7. The van der Waals surface area contributed by atoms with Crippen LogP contribution in [0, 0.1) is 0 Å². The lowest BCUT2D eigenvalue weighted by atomic mass is 9.99. The number of ether oxygens (including phenoxy) is 5. The molecule has 0 aliphatic carbocycles. The van der Waals surface area contributed by atoms with Crippen LogP contribution in [0.5, 0.6) is 23.0 Å². The van der Waals surface area contributed by atoms with E-state index in [0.29, 0.717) is 32.7 Å². The van der Waals surface area contributed by atoms with E-state index in [1.54, 1.807) is 88.4 Å². The number of anilines is 2. The Morgan fingerprint density at radius 1 is 0.544 bits per heavy atom. The summed E-state index contributed by atoms with van der Waals surface area (Å²) in [5.74, 6) is -3.72. The molecule has 0 saturated heterocycles. The molecule has 6 aromatic carbocycles. The molecule has 18 heteroatoms. The number of phenolic OH excluding ortho intramolecular Hbond substituents is 1. The second-order valence-electron chi connectivity index (χ2n) is 14.9.